The lowest BCUT2D eigenvalue weighted by Gasteiger charge is -2.14. The molecule has 1 unspecified atom stereocenters. The number of phenolic OH excluding ortho intramolecular Hbond substituents is 1. The van der Waals surface area contributed by atoms with E-state index in [2.05, 4.69) is 18.3 Å². The van der Waals surface area contributed by atoms with Crippen molar-refractivity contribution in [2.75, 3.05) is 7.05 Å². The molecule has 0 saturated heterocycles. The highest BCUT2D eigenvalue weighted by atomic mass is 16.3. The first-order valence-corrected chi connectivity index (χ1v) is 6.21. The maximum atomic E-state index is 9.34. The van der Waals surface area contributed by atoms with Gasteiger partial charge in [0.25, 0.3) is 0 Å². The summed E-state index contributed by atoms with van der Waals surface area (Å²) in [6.07, 6.45) is 5.92. The van der Waals surface area contributed by atoms with Gasteiger partial charge >= 0.3 is 0 Å². The Kier molecular flexibility index (Phi) is 5.94. The molecule has 0 radical (unpaired) electrons. The third kappa shape index (κ3) is 4.67. The number of hydrogen-bond donors (Lipinski definition) is 2. The minimum Gasteiger partial charge on any atom is -0.508 e. The fourth-order valence-corrected chi connectivity index (χ4v) is 2.05. The number of nitrogens with one attached hydrogen (secondary N) is 1. The Hall–Kier alpha value is -1.02. The van der Waals surface area contributed by atoms with Crippen LogP contribution in [-0.2, 0) is 6.42 Å². The van der Waals surface area contributed by atoms with Crippen molar-refractivity contribution in [2.24, 2.45) is 0 Å². The first-order valence-electron chi connectivity index (χ1n) is 6.21. The van der Waals surface area contributed by atoms with Gasteiger partial charge in [-0.3, -0.25) is 0 Å². The summed E-state index contributed by atoms with van der Waals surface area (Å²) >= 11 is 0. The van der Waals surface area contributed by atoms with Crippen LogP contribution in [0.5, 0.6) is 5.75 Å². The zero-order valence-electron chi connectivity index (χ0n) is 10.4. The number of rotatable bonds is 7. The number of benzene rings is 1. The Bertz CT molecular complexity index is 299. The summed E-state index contributed by atoms with van der Waals surface area (Å²) in [6, 6.07) is 8.20. The molecule has 0 aliphatic rings. The van der Waals surface area contributed by atoms with Gasteiger partial charge in [0.05, 0.1) is 0 Å². The molecule has 2 heteroatoms. The van der Waals surface area contributed by atoms with E-state index < -0.39 is 0 Å². The van der Waals surface area contributed by atoms with Crippen molar-refractivity contribution >= 4 is 0 Å². The summed E-state index contributed by atoms with van der Waals surface area (Å²) < 4.78 is 0. The van der Waals surface area contributed by atoms with Crippen molar-refractivity contribution in [1.82, 2.24) is 5.32 Å². The predicted molar refractivity (Wildman–Crippen MR) is 68.8 cm³/mol. The van der Waals surface area contributed by atoms with Crippen molar-refractivity contribution in [3.63, 3.8) is 0 Å². The summed E-state index contributed by atoms with van der Waals surface area (Å²) in [6.45, 7) is 2.22. The molecule has 1 aromatic rings. The molecule has 2 N–H and O–H groups in total. The van der Waals surface area contributed by atoms with Crippen LogP contribution >= 0.6 is 0 Å². The molecule has 0 amide bonds. The van der Waals surface area contributed by atoms with Crippen LogP contribution in [0.4, 0.5) is 0 Å². The number of aryl methyl sites for hydroxylation is 1. The fourth-order valence-electron chi connectivity index (χ4n) is 2.05. The lowest BCUT2D eigenvalue weighted by atomic mass is 10.0. The Morgan fingerprint density at radius 3 is 2.75 bits per heavy atom. The normalized spacial score (nSPS) is 12.6. The van der Waals surface area contributed by atoms with Gasteiger partial charge in [-0.2, -0.15) is 0 Å². The van der Waals surface area contributed by atoms with E-state index in [1.54, 1.807) is 6.07 Å². The SMILES string of the molecule is CCCC(CCCc1cccc(O)c1)NC. The van der Waals surface area contributed by atoms with E-state index >= 15 is 0 Å². The second-order valence-electron chi connectivity index (χ2n) is 4.34. The first kappa shape index (κ1) is 13.0. The van der Waals surface area contributed by atoms with Gasteiger partial charge in [0.15, 0.2) is 0 Å². The third-order valence-electron chi connectivity index (χ3n) is 2.97. The van der Waals surface area contributed by atoms with Gasteiger partial charge in [0.2, 0.25) is 0 Å². The summed E-state index contributed by atoms with van der Waals surface area (Å²) in [4.78, 5) is 0. The molecule has 0 heterocycles. The van der Waals surface area contributed by atoms with Crippen molar-refractivity contribution in [2.45, 2.75) is 45.1 Å². The summed E-state index contributed by atoms with van der Waals surface area (Å²) in [5.74, 6) is 0.372. The van der Waals surface area contributed by atoms with E-state index in [1.807, 2.05) is 19.2 Å². The highest BCUT2D eigenvalue weighted by Crippen LogP contribution is 2.14. The lowest BCUT2D eigenvalue weighted by molar-refractivity contribution is 0.466. The molecule has 0 spiro atoms. The molecular formula is C14H23NO. The van der Waals surface area contributed by atoms with Crippen molar-refractivity contribution in [3.05, 3.63) is 29.8 Å². The Morgan fingerprint density at radius 1 is 1.31 bits per heavy atom. The van der Waals surface area contributed by atoms with Crippen molar-refractivity contribution < 1.29 is 5.11 Å². The van der Waals surface area contributed by atoms with E-state index in [0.717, 1.165) is 6.42 Å². The van der Waals surface area contributed by atoms with Gasteiger partial charge in [0.1, 0.15) is 5.75 Å². The lowest BCUT2D eigenvalue weighted by Crippen LogP contribution is -2.24. The molecular weight excluding hydrogens is 198 g/mol. The van der Waals surface area contributed by atoms with Gasteiger partial charge in [-0.25, -0.2) is 0 Å². The van der Waals surface area contributed by atoms with Crippen LogP contribution in [0.3, 0.4) is 0 Å². The molecule has 0 aliphatic heterocycles. The number of phenols is 1. The summed E-state index contributed by atoms with van der Waals surface area (Å²) in [7, 11) is 2.04. The van der Waals surface area contributed by atoms with Crippen LogP contribution in [-0.4, -0.2) is 18.2 Å². The minimum atomic E-state index is 0.372. The van der Waals surface area contributed by atoms with E-state index in [-0.39, 0.29) is 0 Å². The number of hydrogen-bond acceptors (Lipinski definition) is 2. The molecule has 1 rings (SSSR count). The first-order chi connectivity index (χ1) is 7.76. The highest BCUT2D eigenvalue weighted by molar-refractivity contribution is 5.27. The topological polar surface area (TPSA) is 32.3 Å². The van der Waals surface area contributed by atoms with Crippen LogP contribution in [0.25, 0.3) is 0 Å². The molecule has 90 valence electrons. The van der Waals surface area contributed by atoms with E-state index in [0.29, 0.717) is 11.8 Å². The second-order valence-corrected chi connectivity index (χ2v) is 4.34. The molecule has 0 aromatic heterocycles. The van der Waals surface area contributed by atoms with E-state index in [1.165, 1.54) is 31.2 Å². The molecule has 1 aromatic carbocycles. The second kappa shape index (κ2) is 7.29. The Labute approximate surface area is 98.7 Å². The average molecular weight is 221 g/mol. The van der Waals surface area contributed by atoms with Gasteiger partial charge in [0, 0.05) is 6.04 Å². The summed E-state index contributed by atoms with van der Waals surface area (Å²) in [5.41, 5.74) is 1.23. The van der Waals surface area contributed by atoms with Gasteiger partial charge in [-0.15, -0.1) is 0 Å². The zero-order valence-corrected chi connectivity index (χ0v) is 10.4. The van der Waals surface area contributed by atoms with Crippen LogP contribution in [0, 0.1) is 0 Å². The standard InChI is InChI=1S/C14H23NO/c1-3-6-13(15-2)9-4-7-12-8-5-10-14(16)11-12/h5,8,10-11,13,15-16H,3-4,6-7,9H2,1-2H3. The van der Waals surface area contributed by atoms with E-state index in [4.69, 9.17) is 0 Å². The molecule has 16 heavy (non-hydrogen) atoms. The quantitative estimate of drug-likeness (QED) is 0.741. The Morgan fingerprint density at radius 2 is 2.12 bits per heavy atom. The predicted octanol–water partition coefficient (Wildman–Crippen LogP) is 3.10. The maximum absolute atomic E-state index is 9.34. The maximum Gasteiger partial charge on any atom is 0.115 e. The minimum absolute atomic E-state index is 0.372. The van der Waals surface area contributed by atoms with Crippen LogP contribution < -0.4 is 5.32 Å². The number of aromatic hydroxyl groups is 1. The molecule has 1 atom stereocenters. The average Bonchev–Trinajstić information content (AvgIpc) is 2.28. The molecule has 0 saturated carbocycles. The largest absolute Gasteiger partial charge is 0.508 e. The van der Waals surface area contributed by atoms with E-state index in [9.17, 15) is 5.11 Å². The van der Waals surface area contributed by atoms with Crippen molar-refractivity contribution in [3.8, 4) is 5.75 Å². The van der Waals surface area contributed by atoms with Crippen molar-refractivity contribution in [1.29, 1.82) is 0 Å². The smallest absolute Gasteiger partial charge is 0.115 e. The zero-order chi connectivity index (χ0) is 11.8. The monoisotopic (exact) mass is 221 g/mol. The van der Waals surface area contributed by atoms with Gasteiger partial charge in [-0.1, -0.05) is 25.5 Å². The molecule has 0 bridgehead atoms. The van der Waals surface area contributed by atoms with Crippen LogP contribution in [0.2, 0.25) is 0 Å². The molecule has 0 fully saturated rings. The fraction of sp³-hybridized carbons (Fsp3) is 0.571. The molecule has 2 nitrogen and oxygen atoms in total. The summed E-state index contributed by atoms with van der Waals surface area (Å²) in [5, 5.41) is 12.7. The van der Waals surface area contributed by atoms with Gasteiger partial charge in [-0.05, 0) is 50.4 Å². The Balaban J connectivity index is 2.29. The highest BCUT2D eigenvalue weighted by Gasteiger charge is 2.04. The third-order valence-corrected chi connectivity index (χ3v) is 2.97. The van der Waals surface area contributed by atoms with Gasteiger partial charge < -0.3 is 10.4 Å². The molecule has 0 aliphatic carbocycles. The van der Waals surface area contributed by atoms with Crippen LogP contribution in [0.15, 0.2) is 24.3 Å². The van der Waals surface area contributed by atoms with Crippen LogP contribution in [0.1, 0.15) is 38.2 Å².